The van der Waals surface area contributed by atoms with Crippen molar-refractivity contribution < 1.29 is 9.59 Å². The number of Topliss-reactive ketones (excluding diaryl/α,β-unsaturated/α-hetero) is 1. The maximum Gasteiger partial charge on any atom is 0.150 e. The van der Waals surface area contributed by atoms with Gasteiger partial charge in [-0.3, -0.25) is 4.79 Å². The van der Waals surface area contributed by atoms with Gasteiger partial charge in [-0.05, 0) is 196 Å². The third kappa shape index (κ3) is 24.9. The molecule has 0 N–H and O–H groups in total. The van der Waals surface area contributed by atoms with Gasteiger partial charge in [0.25, 0.3) is 0 Å². The fourth-order valence-corrected chi connectivity index (χ4v) is 12.2. The number of hydrogen-bond acceptors (Lipinski definition) is 3. The van der Waals surface area contributed by atoms with Gasteiger partial charge in [0.15, 0.2) is 5.94 Å². The molecule has 2 saturated carbocycles. The fraction of sp³-hybridized carbons (Fsp3) is 0.691. The summed E-state index contributed by atoms with van der Waals surface area (Å²) in [6.07, 6.45) is 40.5. The first-order valence-corrected chi connectivity index (χ1v) is 29.5. The number of hydrogen-bond donors (Lipinski definition) is 0. The second kappa shape index (κ2) is 37.3. The minimum absolute atomic E-state index is 0.0727. The molecule has 71 heavy (non-hydrogen) atoms. The van der Waals surface area contributed by atoms with E-state index in [9.17, 15) is 9.59 Å². The number of carbonyl (C=O) groups is 1. The average Bonchev–Trinajstić information content (AvgIpc) is 3.36. The van der Waals surface area contributed by atoms with E-state index in [4.69, 9.17) is 0 Å². The molecular weight excluding hydrogens is 863 g/mol. The smallest absolute Gasteiger partial charge is 0.150 e. The van der Waals surface area contributed by atoms with Gasteiger partial charge in [-0.1, -0.05) is 178 Å². The van der Waals surface area contributed by atoms with Gasteiger partial charge in [-0.15, -0.1) is 13.2 Å². The first-order chi connectivity index (χ1) is 34.0. The maximum atomic E-state index is 13.7. The number of allylic oxidation sites excluding steroid dienone is 13. The zero-order chi connectivity index (χ0) is 53.5. The molecule has 0 aromatic heterocycles. The second-order valence-electron chi connectivity index (χ2n) is 22.7. The fourth-order valence-electron chi connectivity index (χ4n) is 12.2. The van der Waals surface area contributed by atoms with E-state index in [2.05, 4.69) is 143 Å². The summed E-state index contributed by atoms with van der Waals surface area (Å²) in [5, 5.41) is 0. The van der Waals surface area contributed by atoms with E-state index in [1.807, 2.05) is 33.8 Å². The standard InChI is InChI=1S/C64H101NO2.2C2H6/c1-15-24-61(52(11)41-57-34-32-56(33-35-57)39-48(7)31-30-46(4)5)44-64(67)53(12)38-49(8)40-59(16-2)51(10)37-47(6)25-19-18-20-26-50(9)60(17-3)42-58-28-23-29-62(43-58)55(14)63(45-66)65-36-22-21-27-54(65)13;2*1-2/h15,18-20,25-26,38,47,52-54,56-62H,1,4,7,10,14,16-17,21-24,27-37,39-44H2,2-3,5-6,8-9,11-13H3;2*1-2H3/b20-18+,25-19+,49-38+,50-26+;;/t47?,52?,53?,54-,56?,57?,58?,59?,60?,61?,62?;;/m1../s1. The van der Waals surface area contributed by atoms with Crippen LogP contribution < -0.4 is 0 Å². The van der Waals surface area contributed by atoms with Gasteiger partial charge in [0.2, 0.25) is 0 Å². The van der Waals surface area contributed by atoms with Crippen LogP contribution in [-0.4, -0.2) is 29.2 Å². The van der Waals surface area contributed by atoms with Gasteiger partial charge >= 0.3 is 0 Å². The maximum absolute atomic E-state index is 13.7. The van der Waals surface area contributed by atoms with E-state index < -0.39 is 0 Å². The summed E-state index contributed by atoms with van der Waals surface area (Å²) >= 11 is 0. The molecule has 3 aliphatic rings. The SMILES string of the molecule is C=CCC(CC(=O)C(C)/C=C(\C)CC(CC)C(=C)CC(C)/C=C/C=C/C=C(\C)C(CC)CC1CCCC(C(=C)C(=C=O)N2CCCC[C@H]2C)C1)C(C)CC1CCC(CC(=C)CCC(=C)C)CC1.CC.CC. The van der Waals surface area contributed by atoms with Crippen LogP contribution in [0.5, 0.6) is 0 Å². The second-order valence-corrected chi connectivity index (χ2v) is 22.7. The molecule has 0 amide bonds. The van der Waals surface area contributed by atoms with Crippen molar-refractivity contribution in [3.63, 3.8) is 0 Å². The number of carbonyl (C=O) groups excluding carboxylic acids is 2. The molecule has 1 aliphatic heterocycles. The first kappa shape index (κ1) is 65.6. The molecule has 9 atom stereocenters. The van der Waals surface area contributed by atoms with Crippen molar-refractivity contribution >= 4 is 11.7 Å². The van der Waals surface area contributed by atoms with E-state index in [-0.39, 0.29) is 5.92 Å². The van der Waals surface area contributed by atoms with Gasteiger partial charge < -0.3 is 4.90 Å². The minimum Gasteiger partial charge on any atom is -0.360 e. The van der Waals surface area contributed by atoms with Crippen LogP contribution in [0.25, 0.3) is 0 Å². The lowest BCUT2D eigenvalue weighted by atomic mass is 9.73. The van der Waals surface area contributed by atoms with Crippen LogP contribution in [0, 0.1) is 59.2 Å². The summed E-state index contributed by atoms with van der Waals surface area (Å²) in [5.74, 6) is 7.52. The molecule has 1 heterocycles. The highest BCUT2D eigenvalue weighted by molar-refractivity contribution is 5.82. The Hall–Kier alpha value is -3.42. The summed E-state index contributed by atoms with van der Waals surface area (Å²) < 4.78 is 0. The summed E-state index contributed by atoms with van der Waals surface area (Å²) in [4.78, 5) is 28.2. The zero-order valence-corrected chi connectivity index (χ0v) is 49.0. The number of nitrogens with zero attached hydrogens (tertiary/aromatic N) is 1. The summed E-state index contributed by atoms with van der Waals surface area (Å²) in [7, 11) is 0. The zero-order valence-electron chi connectivity index (χ0n) is 49.0. The highest BCUT2D eigenvalue weighted by Crippen LogP contribution is 2.42. The monoisotopic (exact) mass is 976 g/mol. The molecule has 0 aromatic carbocycles. The Morgan fingerprint density at radius 2 is 1.41 bits per heavy atom. The number of piperidine rings is 1. The van der Waals surface area contributed by atoms with Gasteiger partial charge in [0.1, 0.15) is 11.5 Å². The molecule has 8 unspecified atom stereocenters. The van der Waals surface area contributed by atoms with Crippen LogP contribution in [-0.2, 0) is 9.59 Å². The van der Waals surface area contributed by atoms with Crippen LogP contribution in [0.15, 0.2) is 115 Å². The Morgan fingerprint density at radius 1 is 0.746 bits per heavy atom. The normalized spacial score (nSPS) is 23.4. The quantitative estimate of drug-likeness (QED) is 0.0409. The van der Waals surface area contributed by atoms with E-state index >= 15 is 0 Å². The third-order valence-corrected chi connectivity index (χ3v) is 16.7. The lowest BCUT2D eigenvalue weighted by Gasteiger charge is -2.39. The Bertz CT molecular complexity index is 1770. The van der Waals surface area contributed by atoms with Crippen LogP contribution in [0.1, 0.15) is 231 Å². The number of likely N-dealkylation sites (tertiary alicyclic amines) is 1. The van der Waals surface area contributed by atoms with Crippen molar-refractivity contribution in [2.75, 3.05) is 6.54 Å². The minimum atomic E-state index is -0.0727. The van der Waals surface area contributed by atoms with E-state index in [0.717, 1.165) is 100 Å². The molecule has 3 heteroatoms. The van der Waals surface area contributed by atoms with Crippen LogP contribution in [0.3, 0.4) is 0 Å². The van der Waals surface area contributed by atoms with E-state index in [0.29, 0.717) is 59.7 Å². The first-order valence-electron chi connectivity index (χ1n) is 29.5. The van der Waals surface area contributed by atoms with Gasteiger partial charge in [0, 0.05) is 24.9 Å². The topological polar surface area (TPSA) is 37.4 Å². The van der Waals surface area contributed by atoms with E-state index in [1.165, 1.54) is 92.1 Å². The third-order valence-electron chi connectivity index (χ3n) is 16.7. The van der Waals surface area contributed by atoms with Crippen molar-refractivity contribution in [3.8, 4) is 0 Å². The molecular formula is C68H113NO2. The van der Waals surface area contributed by atoms with Gasteiger partial charge in [-0.25, -0.2) is 4.79 Å². The van der Waals surface area contributed by atoms with E-state index in [1.54, 1.807) is 0 Å². The average molecular weight is 977 g/mol. The molecule has 0 radical (unpaired) electrons. The van der Waals surface area contributed by atoms with Crippen molar-refractivity contribution in [3.05, 3.63) is 115 Å². The van der Waals surface area contributed by atoms with Gasteiger partial charge in [-0.2, -0.15) is 0 Å². The number of ketones is 1. The van der Waals surface area contributed by atoms with Crippen LogP contribution in [0.4, 0.5) is 0 Å². The molecule has 0 spiro atoms. The Labute approximate surface area is 441 Å². The molecule has 0 bridgehead atoms. The number of rotatable bonds is 30. The van der Waals surface area contributed by atoms with Crippen molar-refractivity contribution in [2.45, 2.75) is 237 Å². The lowest BCUT2D eigenvalue weighted by molar-refractivity contribution is -0.122. The summed E-state index contributed by atoms with van der Waals surface area (Å²) in [6.45, 7) is 50.8. The van der Waals surface area contributed by atoms with Crippen molar-refractivity contribution in [1.29, 1.82) is 0 Å². The van der Waals surface area contributed by atoms with Crippen LogP contribution >= 0.6 is 0 Å². The largest absolute Gasteiger partial charge is 0.360 e. The summed E-state index contributed by atoms with van der Waals surface area (Å²) in [5.41, 5.74) is 8.52. The summed E-state index contributed by atoms with van der Waals surface area (Å²) in [6, 6.07) is 0.398. The molecule has 0 aromatic rings. The molecule has 3 rings (SSSR count). The lowest BCUT2D eigenvalue weighted by Crippen LogP contribution is -2.38. The molecule has 402 valence electrons. The molecule has 2 aliphatic carbocycles. The van der Waals surface area contributed by atoms with Crippen LogP contribution in [0.2, 0.25) is 0 Å². The highest BCUT2D eigenvalue weighted by Gasteiger charge is 2.32. The Balaban J connectivity index is 0.00000613. The molecule has 3 nitrogen and oxygen atoms in total. The Morgan fingerprint density at radius 3 is 2.01 bits per heavy atom. The van der Waals surface area contributed by atoms with Crippen molar-refractivity contribution in [1.82, 2.24) is 4.90 Å². The molecule has 3 fully saturated rings. The highest BCUT2D eigenvalue weighted by atomic mass is 16.1. The Kier molecular flexibility index (Phi) is 34.5. The predicted octanol–water partition coefficient (Wildman–Crippen LogP) is 20.3. The molecule has 1 saturated heterocycles. The van der Waals surface area contributed by atoms with Crippen molar-refractivity contribution in [2.24, 2.45) is 59.2 Å². The van der Waals surface area contributed by atoms with Gasteiger partial charge in [0.05, 0.1) is 0 Å². The predicted molar refractivity (Wildman–Crippen MR) is 316 cm³/mol.